The Morgan fingerprint density at radius 1 is 1.89 bits per heavy atom. The van der Waals surface area contributed by atoms with Crippen LogP contribution in [0, 0.1) is 0 Å². The van der Waals surface area contributed by atoms with Crippen molar-refractivity contribution in [1.29, 1.82) is 0 Å². The molecule has 0 spiro atoms. The fourth-order valence-corrected chi connectivity index (χ4v) is 0.460. The fourth-order valence-electron chi connectivity index (χ4n) is 0.302. The van der Waals surface area contributed by atoms with Gasteiger partial charge in [0, 0.05) is 0 Å². The average Bonchev–Trinajstić information content (AvgIpc) is 1.87. The number of carbonyl (C=O) groups excluding carboxylic acids is 1. The predicted molar refractivity (Wildman–Crippen MR) is 36.5 cm³/mol. The highest BCUT2D eigenvalue weighted by Crippen LogP contribution is 1.89. The summed E-state index contributed by atoms with van der Waals surface area (Å²) in [4.78, 5) is 14.0. The Balaban J connectivity index is 3.87. The summed E-state index contributed by atoms with van der Waals surface area (Å²) in [5.74, 6) is -0.396. The van der Waals surface area contributed by atoms with Crippen molar-refractivity contribution in [2.75, 3.05) is 7.11 Å². The van der Waals surface area contributed by atoms with Gasteiger partial charge in [0.2, 0.25) is 0 Å². The van der Waals surface area contributed by atoms with Gasteiger partial charge in [-0.05, 0) is 19.1 Å². The molecule has 0 N–H and O–H groups in total. The van der Waals surface area contributed by atoms with Gasteiger partial charge in [-0.3, -0.25) is 0 Å². The Morgan fingerprint density at radius 3 is 2.78 bits per heavy atom. The van der Waals surface area contributed by atoms with Gasteiger partial charge in [0.1, 0.15) is 0 Å². The van der Waals surface area contributed by atoms with E-state index in [-0.39, 0.29) is 0 Å². The Morgan fingerprint density at radius 2 is 2.44 bits per heavy atom. The molecule has 0 saturated carbocycles. The maximum atomic E-state index is 10.5. The van der Waals surface area contributed by atoms with Crippen LogP contribution in [0.25, 0.3) is 0 Å². The van der Waals surface area contributed by atoms with Crippen LogP contribution in [0.1, 0.15) is 6.92 Å². The molecule has 0 bridgehead atoms. The highest BCUT2D eigenvalue weighted by atomic mass is 32.1. The molecule has 0 rings (SSSR count). The minimum absolute atomic E-state index is 0.396. The van der Waals surface area contributed by atoms with Gasteiger partial charge in [-0.2, -0.15) is 0 Å². The number of rotatable bonds is 2. The molecule has 0 heterocycles. The molecule has 0 radical (unpaired) electrons. The SMILES string of the molecule is COC(=O)[C@H](C)N=C=S. The Labute approximate surface area is 58.7 Å². The minimum Gasteiger partial charge on any atom is -0.467 e. The molecule has 0 fully saturated rings. The second kappa shape index (κ2) is 4.18. The number of isothiocyanates is 1. The van der Waals surface area contributed by atoms with E-state index in [1.54, 1.807) is 6.92 Å². The molecule has 50 valence electrons. The number of carbonyl (C=O) groups is 1. The van der Waals surface area contributed by atoms with Gasteiger partial charge in [-0.25, -0.2) is 9.79 Å². The van der Waals surface area contributed by atoms with Gasteiger partial charge in [-0.1, -0.05) is 0 Å². The van der Waals surface area contributed by atoms with E-state index in [1.165, 1.54) is 7.11 Å². The van der Waals surface area contributed by atoms with E-state index in [0.29, 0.717) is 0 Å². The molecule has 0 unspecified atom stereocenters. The molecule has 1 atom stereocenters. The van der Waals surface area contributed by atoms with Crippen LogP contribution in [-0.2, 0) is 9.53 Å². The Kier molecular flexibility index (Phi) is 3.84. The van der Waals surface area contributed by atoms with E-state index < -0.39 is 12.0 Å². The van der Waals surface area contributed by atoms with Gasteiger partial charge < -0.3 is 4.74 Å². The van der Waals surface area contributed by atoms with Gasteiger partial charge in [0.25, 0.3) is 0 Å². The zero-order valence-corrected chi connectivity index (χ0v) is 6.07. The summed E-state index contributed by atoms with van der Waals surface area (Å²) >= 11 is 4.27. The Bertz CT molecular complexity index is 151. The molecule has 0 amide bonds. The second-order valence-corrected chi connectivity index (χ2v) is 1.60. The van der Waals surface area contributed by atoms with Crippen molar-refractivity contribution in [2.24, 2.45) is 4.99 Å². The lowest BCUT2D eigenvalue weighted by Gasteiger charge is -1.98. The third kappa shape index (κ3) is 2.95. The maximum Gasteiger partial charge on any atom is 0.331 e. The molecule has 0 aromatic rings. The number of thiocarbonyl (C=S) groups is 1. The first-order valence-corrected chi connectivity index (χ1v) is 2.78. The van der Waals surface area contributed by atoms with Crippen LogP contribution in [0.2, 0.25) is 0 Å². The first kappa shape index (κ1) is 8.27. The molecule has 0 aromatic heterocycles. The number of hydrogen-bond donors (Lipinski definition) is 0. The number of esters is 1. The Hall–Kier alpha value is -0.730. The van der Waals surface area contributed by atoms with Crippen LogP contribution in [0.4, 0.5) is 0 Å². The van der Waals surface area contributed by atoms with Crippen LogP contribution in [0.5, 0.6) is 0 Å². The maximum absolute atomic E-state index is 10.5. The smallest absolute Gasteiger partial charge is 0.331 e. The number of methoxy groups -OCH3 is 1. The lowest BCUT2D eigenvalue weighted by atomic mass is 10.4. The highest BCUT2D eigenvalue weighted by molar-refractivity contribution is 7.78. The number of hydrogen-bond acceptors (Lipinski definition) is 4. The quantitative estimate of drug-likeness (QED) is 0.325. The van der Waals surface area contributed by atoms with Gasteiger partial charge in [-0.15, -0.1) is 0 Å². The standard InChI is InChI=1S/C5H7NO2S/c1-4(6-3-9)5(7)8-2/h4H,1-2H3/t4-/m0/s1. The van der Waals surface area contributed by atoms with Crippen molar-refractivity contribution in [3.05, 3.63) is 0 Å². The molecular formula is C5H7NO2S. The average molecular weight is 145 g/mol. The topological polar surface area (TPSA) is 38.7 Å². The monoisotopic (exact) mass is 145 g/mol. The third-order valence-corrected chi connectivity index (χ3v) is 0.894. The second-order valence-electron chi connectivity index (χ2n) is 1.42. The lowest BCUT2D eigenvalue weighted by molar-refractivity contribution is -0.141. The number of ether oxygens (including phenoxy) is 1. The fraction of sp³-hybridized carbons (Fsp3) is 0.600. The lowest BCUT2D eigenvalue weighted by Crippen LogP contribution is -2.15. The van der Waals surface area contributed by atoms with Crippen molar-refractivity contribution in [3.8, 4) is 0 Å². The summed E-state index contributed by atoms with van der Waals surface area (Å²) in [7, 11) is 1.30. The number of nitrogens with zero attached hydrogens (tertiary/aromatic N) is 1. The van der Waals surface area contributed by atoms with E-state index >= 15 is 0 Å². The summed E-state index contributed by atoms with van der Waals surface area (Å²) in [5.41, 5.74) is 0. The van der Waals surface area contributed by atoms with E-state index in [9.17, 15) is 4.79 Å². The van der Waals surface area contributed by atoms with Crippen LogP contribution >= 0.6 is 12.2 Å². The third-order valence-electron chi connectivity index (χ3n) is 0.789. The molecule has 0 saturated heterocycles. The molecular weight excluding hydrogens is 138 g/mol. The summed E-state index contributed by atoms with van der Waals surface area (Å²) in [5, 5.41) is 2.09. The largest absolute Gasteiger partial charge is 0.467 e. The molecule has 0 aliphatic rings. The van der Waals surface area contributed by atoms with Gasteiger partial charge in [0.15, 0.2) is 6.04 Å². The van der Waals surface area contributed by atoms with E-state index in [0.717, 1.165) is 0 Å². The van der Waals surface area contributed by atoms with Crippen LogP contribution in [0.15, 0.2) is 4.99 Å². The molecule has 0 aliphatic carbocycles. The zero-order chi connectivity index (χ0) is 7.28. The van der Waals surface area contributed by atoms with Crippen molar-refractivity contribution < 1.29 is 9.53 Å². The van der Waals surface area contributed by atoms with E-state index in [1.807, 2.05) is 0 Å². The molecule has 9 heavy (non-hydrogen) atoms. The number of aliphatic imine (C=N–C) groups is 1. The van der Waals surface area contributed by atoms with Crippen molar-refractivity contribution in [3.63, 3.8) is 0 Å². The molecule has 3 nitrogen and oxygen atoms in total. The van der Waals surface area contributed by atoms with Crippen molar-refractivity contribution in [1.82, 2.24) is 0 Å². The predicted octanol–water partition coefficient (Wildman–Crippen LogP) is 0.651. The first-order valence-electron chi connectivity index (χ1n) is 2.37. The van der Waals surface area contributed by atoms with E-state index in [2.05, 4.69) is 27.1 Å². The van der Waals surface area contributed by atoms with Crippen LogP contribution in [0.3, 0.4) is 0 Å². The summed E-state index contributed by atoms with van der Waals surface area (Å²) < 4.78 is 4.35. The summed E-state index contributed by atoms with van der Waals surface area (Å²) in [6.07, 6.45) is 0. The van der Waals surface area contributed by atoms with Crippen LogP contribution in [-0.4, -0.2) is 24.3 Å². The molecule has 0 aromatic carbocycles. The van der Waals surface area contributed by atoms with Gasteiger partial charge in [0.05, 0.1) is 12.3 Å². The van der Waals surface area contributed by atoms with Crippen molar-refractivity contribution >= 4 is 23.3 Å². The first-order chi connectivity index (χ1) is 4.22. The molecule has 0 aliphatic heterocycles. The van der Waals surface area contributed by atoms with Crippen molar-refractivity contribution in [2.45, 2.75) is 13.0 Å². The van der Waals surface area contributed by atoms with E-state index in [4.69, 9.17) is 0 Å². The summed E-state index contributed by atoms with van der Waals surface area (Å²) in [6, 6.07) is -0.521. The summed E-state index contributed by atoms with van der Waals surface area (Å²) in [6.45, 7) is 1.59. The normalized spacial score (nSPS) is 11.3. The van der Waals surface area contributed by atoms with Crippen LogP contribution < -0.4 is 0 Å². The molecule has 4 heteroatoms. The zero-order valence-electron chi connectivity index (χ0n) is 5.25. The highest BCUT2D eigenvalue weighted by Gasteiger charge is 2.08. The van der Waals surface area contributed by atoms with Gasteiger partial charge >= 0.3 is 5.97 Å². The minimum atomic E-state index is -0.521.